The molecular weight excluding hydrogens is 326 g/mol. The number of carboxylic acid groups (broad SMARTS) is 1. The molecule has 0 heterocycles. The van der Waals surface area contributed by atoms with Gasteiger partial charge < -0.3 is 37.6 Å². The number of rotatable bonds is 10. The van der Waals surface area contributed by atoms with Crippen LogP contribution < -0.4 is 27.4 Å². The van der Waals surface area contributed by atoms with Crippen molar-refractivity contribution in [2.45, 2.75) is 31.5 Å². The van der Waals surface area contributed by atoms with E-state index in [1.54, 1.807) is 0 Å². The first-order valence-corrected chi connectivity index (χ1v) is 6.84. The fourth-order valence-electron chi connectivity index (χ4n) is 1.57. The first-order chi connectivity index (χ1) is 11.1. The predicted molar refractivity (Wildman–Crippen MR) is 79.1 cm³/mol. The standard InChI is InChI=1S/C12H21N5O7/c1-5(18)10(12(23)24)17-9(21)4-15-11(22)6(2-7(14)19)16-8(20)3-13/h5-6,10,18H,2-4,13H2,1H3,(H2,14,19)(H,15,22)(H,16,20)(H,17,21)(H,23,24). The second-order valence-corrected chi connectivity index (χ2v) is 4.84. The number of aliphatic hydroxyl groups is 1. The van der Waals surface area contributed by atoms with E-state index in [-0.39, 0.29) is 0 Å². The zero-order valence-electron chi connectivity index (χ0n) is 12.9. The zero-order chi connectivity index (χ0) is 18.9. The van der Waals surface area contributed by atoms with Crippen molar-refractivity contribution in [3.8, 4) is 0 Å². The molecule has 0 aliphatic carbocycles. The van der Waals surface area contributed by atoms with E-state index < -0.39 is 67.3 Å². The van der Waals surface area contributed by atoms with Crippen LogP contribution in [0, 0.1) is 0 Å². The summed E-state index contributed by atoms with van der Waals surface area (Å²) in [5.74, 6) is -4.79. The molecule has 0 rings (SSSR count). The highest BCUT2D eigenvalue weighted by Gasteiger charge is 2.26. The molecule has 3 unspecified atom stereocenters. The van der Waals surface area contributed by atoms with Crippen LogP contribution >= 0.6 is 0 Å². The summed E-state index contributed by atoms with van der Waals surface area (Å²) in [5, 5.41) is 24.3. The molecule has 0 aromatic rings. The number of primary amides is 1. The Morgan fingerprint density at radius 3 is 2.08 bits per heavy atom. The number of aliphatic hydroxyl groups excluding tert-OH is 1. The Bertz CT molecular complexity index is 508. The van der Waals surface area contributed by atoms with Crippen LogP contribution in [0.2, 0.25) is 0 Å². The first-order valence-electron chi connectivity index (χ1n) is 6.84. The molecular formula is C12H21N5O7. The van der Waals surface area contributed by atoms with Crippen molar-refractivity contribution in [1.82, 2.24) is 16.0 Å². The van der Waals surface area contributed by atoms with Crippen molar-refractivity contribution in [1.29, 1.82) is 0 Å². The number of carbonyl (C=O) groups is 5. The van der Waals surface area contributed by atoms with E-state index in [1.807, 2.05) is 5.32 Å². The van der Waals surface area contributed by atoms with E-state index in [0.29, 0.717) is 0 Å². The third-order valence-electron chi connectivity index (χ3n) is 2.73. The van der Waals surface area contributed by atoms with Gasteiger partial charge in [-0.2, -0.15) is 0 Å². The maximum Gasteiger partial charge on any atom is 0.328 e. The van der Waals surface area contributed by atoms with Gasteiger partial charge in [-0.05, 0) is 6.92 Å². The quantitative estimate of drug-likeness (QED) is 0.203. The summed E-state index contributed by atoms with van der Waals surface area (Å²) in [7, 11) is 0. The minimum atomic E-state index is -1.55. The summed E-state index contributed by atoms with van der Waals surface area (Å²) in [5.41, 5.74) is 10.0. The average molecular weight is 347 g/mol. The Kier molecular flexibility index (Phi) is 8.97. The number of nitrogens with one attached hydrogen (secondary N) is 3. The molecule has 3 atom stereocenters. The zero-order valence-corrected chi connectivity index (χ0v) is 12.9. The van der Waals surface area contributed by atoms with Crippen molar-refractivity contribution in [3.63, 3.8) is 0 Å². The highest BCUT2D eigenvalue weighted by Crippen LogP contribution is 1.94. The van der Waals surface area contributed by atoms with Gasteiger partial charge in [0.1, 0.15) is 6.04 Å². The van der Waals surface area contributed by atoms with Crippen LogP contribution in [-0.2, 0) is 24.0 Å². The molecule has 12 nitrogen and oxygen atoms in total. The van der Waals surface area contributed by atoms with Crippen molar-refractivity contribution < 1.29 is 34.2 Å². The number of carbonyl (C=O) groups excluding carboxylic acids is 4. The van der Waals surface area contributed by atoms with Gasteiger partial charge in [0.15, 0.2) is 6.04 Å². The van der Waals surface area contributed by atoms with E-state index in [0.717, 1.165) is 0 Å². The van der Waals surface area contributed by atoms with E-state index in [1.165, 1.54) is 6.92 Å². The molecule has 0 aliphatic heterocycles. The highest BCUT2D eigenvalue weighted by atomic mass is 16.4. The van der Waals surface area contributed by atoms with Crippen LogP contribution in [0.5, 0.6) is 0 Å². The summed E-state index contributed by atoms with van der Waals surface area (Å²) >= 11 is 0. The van der Waals surface area contributed by atoms with Crippen molar-refractivity contribution in [2.24, 2.45) is 11.5 Å². The van der Waals surface area contributed by atoms with Gasteiger partial charge in [-0.3, -0.25) is 19.2 Å². The number of hydrogen-bond acceptors (Lipinski definition) is 7. The molecule has 12 heteroatoms. The Morgan fingerprint density at radius 2 is 1.67 bits per heavy atom. The monoisotopic (exact) mass is 347 g/mol. The molecule has 0 bridgehead atoms. The normalized spacial score (nSPS) is 14.0. The molecule has 0 aromatic carbocycles. The number of hydrogen-bond donors (Lipinski definition) is 7. The predicted octanol–water partition coefficient (Wildman–Crippen LogP) is -4.63. The molecule has 24 heavy (non-hydrogen) atoms. The fourth-order valence-corrected chi connectivity index (χ4v) is 1.57. The Morgan fingerprint density at radius 1 is 1.08 bits per heavy atom. The summed E-state index contributed by atoms with van der Waals surface area (Å²) in [6.07, 6.45) is -1.86. The van der Waals surface area contributed by atoms with E-state index in [4.69, 9.17) is 16.6 Å². The fraction of sp³-hybridized carbons (Fsp3) is 0.583. The van der Waals surface area contributed by atoms with Gasteiger partial charge in [-0.25, -0.2) is 4.79 Å². The SMILES string of the molecule is CC(O)C(NC(=O)CNC(=O)C(CC(N)=O)NC(=O)CN)C(=O)O. The second-order valence-electron chi connectivity index (χ2n) is 4.84. The minimum Gasteiger partial charge on any atom is -0.480 e. The van der Waals surface area contributed by atoms with Gasteiger partial charge in [-0.15, -0.1) is 0 Å². The molecule has 4 amide bonds. The molecule has 0 aromatic heterocycles. The molecule has 9 N–H and O–H groups in total. The third-order valence-corrected chi connectivity index (χ3v) is 2.73. The van der Waals surface area contributed by atoms with Gasteiger partial charge >= 0.3 is 5.97 Å². The number of nitrogens with two attached hydrogens (primary N) is 2. The lowest BCUT2D eigenvalue weighted by Crippen LogP contribution is -2.54. The summed E-state index contributed by atoms with van der Waals surface area (Å²) in [4.78, 5) is 56.4. The van der Waals surface area contributed by atoms with Crippen molar-refractivity contribution in [3.05, 3.63) is 0 Å². The van der Waals surface area contributed by atoms with Crippen LogP contribution in [0.15, 0.2) is 0 Å². The third kappa shape index (κ3) is 8.05. The molecule has 0 saturated carbocycles. The van der Waals surface area contributed by atoms with E-state index in [2.05, 4.69) is 10.6 Å². The van der Waals surface area contributed by atoms with Gasteiger partial charge in [0.25, 0.3) is 0 Å². The van der Waals surface area contributed by atoms with Gasteiger partial charge in [0.05, 0.1) is 25.6 Å². The maximum atomic E-state index is 11.9. The van der Waals surface area contributed by atoms with Crippen LogP contribution in [0.1, 0.15) is 13.3 Å². The summed E-state index contributed by atoms with van der Waals surface area (Å²) in [6.45, 7) is 0.115. The average Bonchev–Trinajstić information content (AvgIpc) is 2.48. The highest BCUT2D eigenvalue weighted by molar-refractivity contribution is 5.94. The lowest BCUT2D eigenvalue weighted by molar-refractivity contribution is -0.144. The molecule has 136 valence electrons. The minimum absolute atomic E-state index is 0.419. The van der Waals surface area contributed by atoms with Crippen molar-refractivity contribution >= 4 is 29.6 Å². The first kappa shape index (κ1) is 21.3. The molecule has 0 fully saturated rings. The lowest BCUT2D eigenvalue weighted by atomic mass is 10.1. The molecule has 0 radical (unpaired) electrons. The Labute approximate surface area is 136 Å². The van der Waals surface area contributed by atoms with E-state index >= 15 is 0 Å². The molecule has 0 aliphatic rings. The molecule has 0 spiro atoms. The summed E-state index contributed by atoms with van der Waals surface area (Å²) < 4.78 is 0. The second kappa shape index (κ2) is 10.1. The van der Waals surface area contributed by atoms with Crippen LogP contribution in [0.4, 0.5) is 0 Å². The number of carboxylic acids is 1. The Balaban J connectivity index is 4.64. The largest absolute Gasteiger partial charge is 0.480 e. The Hall–Kier alpha value is -2.73. The smallest absolute Gasteiger partial charge is 0.328 e. The lowest BCUT2D eigenvalue weighted by Gasteiger charge is -2.19. The topological polar surface area (TPSA) is 214 Å². The maximum absolute atomic E-state index is 11.9. The molecule has 0 saturated heterocycles. The van der Waals surface area contributed by atoms with Crippen LogP contribution in [0.25, 0.3) is 0 Å². The van der Waals surface area contributed by atoms with Crippen LogP contribution in [-0.4, -0.2) is 71.1 Å². The van der Waals surface area contributed by atoms with Crippen LogP contribution in [0.3, 0.4) is 0 Å². The van der Waals surface area contributed by atoms with Gasteiger partial charge in [0.2, 0.25) is 23.6 Å². The summed E-state index contributed by atoms with van der Waals surface area (Å²) in [6, 6.07) is -2.87. The van der Waals surface area contributed by atoms with E-state index in [9.17, 15) is 29.1 Å². The number of aliphatic carboxylic acids is 1. The van der Waals surface area contributed by atoms with Gasteiger partial charge in [0, 0.05) is 0 Å². The van der Waals surface area contributed by atoms with Crippen molar-refractivity contribution in [2.75, 3.05) is 13.1 Å². The van der Waals surface area contributed by atoms with Gasteiger partial charge in [-0.1, -0.05) is 0 Å². The number of amides is 4.